The summed E-state index contributed by atoms with van der Waals surface area (Å²) in [4.78, 5) is 13.7. The summed E-state index contributed by atoms with van der Waals surface area (Å²) in [5, 5.41) is 12.8. The molecule has 9 heteroatoms. The van der Waals surface area contributed by atoms with Crippen molar-refractivity contribution in [2.45, 2.75) is 25.7 Å². The van der Waals surface area contributed by atoms with Crippen molar-refractivity contribution >= 4 is 49.5 Å². The van der Waals surface area contributed by atoms with Crippen molar-refractivity contribution in [1.29, 1.82) is 5.26 Å². The fraction of sp³-hybridized carbons (Fsp3) is 0.400. The first-order valence-electron chi connectivity index (χ1n) is 7.32. The molecular weight excluding hydrogens is 447 g/mol. The molecule has 1 aromatic carbocycles. The maximum Gasteiger partial charge on any atom is 0.416 e. The Bertz CT molecular complexity index is 662. The highest BCUT2D eigenvalue weighted by Gasteiger charge is 2.20. The second-order valence-electron chi connectivity index (χ2n) is 5.11. The molecule has 1 aliphatic heterocycles. The van der Waals surface area contributed by atoms with Crippen LogP contribution < -0.4 is 5.43 Å². The molecule has 1 fully saturated rings. The van der Waals surface area contributed by atoms with E-state index in [9.17, 15) is 9.18 Å². The SMILES string of the molecule is N#CCC(=NNc1c(Br)cc(F)cc1Br)OC(=O)N1CCCCC1. The van der Waals surface area contributed by atoms with Gasteiger partial charge in [0.1, 0.15) is 12.2 Å². The van der Waals surface area contributed by atoms with Crippen molar-refractivity contribution in [3.05, 3.63) is 26.9 Å². The van der Waals surface area contributed by atoms with Gasteiger partial charge in [-0.05, 0) is 63.3 Å². The number of benzene rings is 1. The average molecular weight is 462 g/mol. The van der Waals surface area contributed by atoms with Crippen molar-refractivity contribution < 1.29 is 13.9 Å². The summed E-state index contributed by atoms with van der Waals surface area (Å²) in [7, 11) is 0. The van der Waals surface area contributed by atoms with Crippen LogP contribution in [0.4, 0.5) is 14.9 Å². The minimum Gasteiger partial charge on any atom is -0.392 e. The third-order valence-corrected chi connectivity index (χ3v) is 4.60. The number of piperidine rings is 1. The van der Waals surface area contributed by atoms with Gasteiger partial charge < -0.3 is 9.64 Å². The van der Waals surface area contributed by atoms with Crippen LogP contribution >= 0.6 is 31.9 Å². The van der Waals surface area contributed by atoms with Gasteiger partial charge in [-0.15, -0.1) is 5.10 Å². The minimum absolute atomic E-state index is 0.0452. The van der Waals surface area contributed by atoms with Crippen LogP contribution in [0, 0.1) is 17.1 Å². The van der Waals surface area contributed by atoms with E-state index in [1.54, 1.807) is 4.90 Å². The molecule has 1 aliphatic rings. The lowest BCUT2D eigenvalue weighted by Crippen LogP contribution is -2.37. The Labute approximate surface area is 155 Å². The summed E-state index contributed by atoms with van der Waals surface area (Å²) in [6, 6.07) is 4.44. The molecule has 0 radical (unpaired) electrons. The molecule has 1 N–H and O–H groups in total. The van der Waals surface area contributed by atoms with Gasteiger partial charge in [-0.3, -0.25) is 5.43 Å². The Morgan fingerprint density at radius 1 is 1.33 bits per heavy atom. The number of hydrazone groups is 1. The van der Waals surface area contributed by atoms with Crippen LogP contribution in [0.25, 0.3) is 0 Å². The van der Waals surface area contributed by atoms with Gasteiger partial charge in [-0.1, -0.05) is 0 Å². The van der Waals surface area contributed by atoms with E-state index in [-0.39, 0.29) is 12.3 Å². The number of hydrogen-bond donors (Lipinski definition) is 1. The number of nitrogens with zero attached hydrogens (tertiary/aromatic N) is 3. The zero-order valence-electron chi connectivity index (χ0n) is 12.7. The summed E-state index contributed by atoms with van der Waals surface area (Å²) >= 11 is 6.44. The van der Waals surface area contributed by atoms with Crippen LogP contribution in [0.1, 0.15) is 25.7 Å². The first-order chi connectivity index (χ1) is 11.5. The fourth-order valence-electron chi connectivity index (χ4n) is 2.18. The van der Waals surface area contributed by atoms with Crippen LogP contribution in [0.2, 0.25) is 0 Å². The topological polar surface area (TPSA) is 77.7 Å². The van der Waals surface area contributed by atoms with Gasteiger partial charge >= 0.3 is 6.09 Å². The third kappa shape index (κ3) is 5.18. The highest BCUT2D eigenvalue weighted by Crippen LogP contribution is 2.32. The van der Waals surface area contributed by atoms with Gasteiger partial charge in [0.2, 0.25) is 5.90 Å². The van der Waals surface area contributed by atoms with Gasteiger partial charge in [0.05, 0.1) is 11.8 Å². The number of likely N-dealkylation sites (tertiary alicyclic amines) is 1. The Hall–Kier alpha value is -1.66. The van der Waals surface area contributed by atoms with Crippen molar-refractivity contribution in [2.24, 2.45) is 5.10 Å². The molecule has 1 saturated heterocycles. The van der Waals surface area contributed by atoms with E-state index in [0.717, 1.165) is 19.3 Å². The molecule has 0 aliphatic carbocycles. The van der Waals surface area contributed by atoms with Crippen molar-refractivity contribution in [3.63, 3.8) is 0 Å². The number of rotatable bonds is 3. The monoisotopic (exact) mass is 460 g/mol. The lowest BCUT2D eigenvalue weighted by Gasteiger charge is -2.25. The lowest BCUT2D eigenvalue weighted by atomic mass is 10.1. The number of carbonyl (C=O) groups excluding carboxylic acids is 1. The molecule has 128 valence electrons. The molecule has 1 amide bonds. The molecule has 0 spiro atoms. The highest BCUT2D eigenvalue weighted by molar-refractivity contribution is 9.11. The first kappa shape index (κ1) is 18.7. The van der Waals surface area contributed by atoms with Gasteiger partial charge in [-0.25, -0.2) is 9.18 Å². The number of nitrogens with one attached hydrogen (secondary N) is 1. The number of halogens is 3. The zero-order valence-corrected chi connectivity index (χ0v) is 15.9. The summed E-state index contributed by atoms with van der Waals surface area (Å²) in [5.74, 6) is -0.465. The maximum atomic E-state index is 13.3. The molecule has 0 atom stereocenters. The van der Waals surface area contributed by atoms with E-state index in [1.807, 2.05) is 6.07 Å². The van der Waals surface area contributed by atoms with Crippen LogP contribution in [0.5, 0.6) is 0 Å². The van der Waals surface area contributed by atoms with Gasteiger partial charge in [0.25, 0.3) is 0 Å². The third-order valence-electron chi connectivity index (χ3n) is 3.35. The fourth-order valence-corrected chi connectivity index (χ4v) is 3.48. The lowest BCUT2D eigenvalue weighted by molar-refractivity contribution is 0.138. The van der Waals surface area contributed by atoms with E-state index >= 15 is 0 Å². The molecule has 1 heterocycles. The second kappa shape index (κ2) is 8.99. The Kier molecular flexibility index (Phi) is 6.99. The number of ether oxygens (including phenoxy) is 1. The highest BCUT2D eigenvalue weighted by atomic mass is 79.9. The number of amides is 1. The normalized spacial score (nSPS) is 14.9. The predicted molar refractivity (Wildman–Crippen MR) is 95.0 cm³/mol. The second-order valence-corrected chi connectivity index (χ2v) is 6.82. The molecule has 1 aromatic rings. The molecule has 0 saturated carbocycles. The van der Waals surface area contributed by atoms with Crippen LogP contribution in [-0.4, -0.2) is 30.0 Å². The smallest absolute Gasteiger partial charge is 0.392 e. The molecule has 0 aromatic heterocycles. The number of hydrogen-bond acceptors (Lipinski definition) is 5. The van der Waals surface area contributed by atoms with E-state index in [2.05, 4.69) is 42.4 Å². The number of anilines is 1. The van der Waals surface area contributed by atoms with E-state index in [4.69, 9.17) is 10.00 Å². The maximum absolute atomic E-state index is 13.3. The van der Waals surface area contributed by atoms with Crippen LogP contribution in [0.3, 0.4) is 0 Å². The molecule has 0 unspecified atom stereocenters. The Morgan fingerprint density at radius 2 is 1.96 bits per heavy atom. The summed E-state index contributed by atoms with van der Waals surface area (Å²) in [5.41, 5.74) is 3.14. The zero-order chi connectivity index (χ0) is 17.5. The molecule has 0 bridgehead atoms. The van der Waals surface area contributed by atoms with Crippen molar-refractivity contribution in [2.75, 3.05) is 18.5 Å². The van der Waals surface area contributed by atoms with Crippen LogP contribution in [0.15, 0.2) is 26.2 Å². The van der Waals surface area contributed by atoms with Gasteiger partial charge in [-0.2, -0.15) is 5.26 Å². The summed E-state index contributed by atoms with van der Waals surface area (Å²) < 4.78 is 19.4. The standard InChI is InChI=1S/C15H15Br2FN4O2/c16-11-8-10(18)9-12(17)14(11)21-20-13(4-5-19)24-15(23)22-6-2-1-3-7-22/h8-9,21H,1-4,6-7H2. The quantitative estimate of drug-likeness (QED) is 0.405. The molecular formula is C15H15Br2FN4O2. The minimum atomic E-state index is -0.511. The molecule has 2 rings (SSSR count). The Balaban J connectivity index is 2.08. The number of carbonyl (C=O) groups is 1. The van der Waals surface area contributed by atoms with Gasteiger partial charge in [0, 0.05) is 22.0 Å². The van der Waals surface area contributed by atoms with E-state index in [1.165, 1.54) is 12.1 Å². The average Bonchev–Trinajstić information content (AvgIpc) is 2.54. The number of nitriles is 1. The summed E-state index contributed by atoms with van der Waals surface area (Å²) in [6.07, 6.45) is 2.30. The van der Waals surface area contributed by atoms with Crippen molar-refractivity contribution in [3.8, 4) is 6.07 Å². The molecule has 24 heavy (non-hydrogen) atoms. The first-order valence-corrected chi connectivity index (χ1v) is 8.90. The van der Waals surface area contributed by atoms with E-state index < -0.39 is 11.9 Å². The molecule has 6 nitrogen and oxygen atoms in total. The predicted octanol–water partition coefficient (Wildman–Crippen LogP) is 4.61. The van der Waals surface area contributed by atoms with Gasteiger partial charge in [0.15, 0.2) is 0 Å². The van der Waals surface area contributed by atoms with Crippen molar-refractivity contribution in [1.82, 2.24) is 4.90 Å². The summed E-state index contributed by atoms with van der Waals surface area (Å²) in [6.45, 7) is 1.28. The van der Waals surface area contributed by atoms with E-state index in [0.29, 0.717) is 27.7 Å². The Morgan fingerprint density at radius 3 is 2.54 bits per heavy atom. The largest absolute Gasteiger partial charge is 0.416 e. The van der Waals surface area contributed by atoms with Crippen LogP contribution in [-0.2, 0) is 4.74 Å².